The van der Waals surface area contributed by atoms with Gasteiger partial charge in [0.2, 0.25) is 12.3 Å². The Balaban J connectivity index is 2.17. The van der Waals surface area contributed by atoms with Crippen LogP contribution in [0.5, 0.6) is 0 Å². The Labute approximate surface area is 87.7 Å². The Morgan fingerprint density at radius 3 is 3.00 bits per heavy atom. The molecule has 1 aromatic rings. The minimum atomic E-state index is 0.0914. The van der Waals surface area contributed by atoms with Crippen molar-refractivity contribution in [1.82, 2.24) is 5.32 Å². The van der Waals surface area contributed by atoms with Crippen LogP contribution in [0.2, 0.25) is 0 Å². The van der Waals surface area contributed by atoms with Crippen LogP contribution in [0.4, 0.5) is 5.69 Å². The molecule has 0 radical (unpaired) electrons. The normalized spacial score (nSPS) is 19.7. The van der Waals surface area contributed by atoms with Crippen LogP contribution in [0, 0.1) is 0 Å². The molecule has 1 heterocycles. The summed E-state index contributed by atoms with van der Waals surface area (Å²) in [7, 11) is 0. The molecule has 2 amide bonds. The number of rotatable bonds is 3. The molecule has 4 heteroatoms. The van der Waals surface area contributed by atoms with Crippen molar-refractivity contribution in [3.63, 3.8) is 0 Å². The highest BCUT2D eigenvalue weighted by molar-refractivity contribution is 5.79. The number of hydrogen-bond acceptors (Lipinski definition) is 2. The Morgan fingerprint density at radius 1 is 1.47 bits per heavy atom. The van der Waals surface area contributed by atoms with Gasteiger partial charge in [0.05, 0.1) is 0 Å². The minimum absolute atomic E-state index is 0.0914. The predicted molar refractivity (Wildman–Crippen MR) is 56.5 cm³/mol. The van der Waals surface area contributed by atoms with E-state index >= 15 is 0 Å². The molecule has 0 aliphatic carbocycles. The largest absolute Gasteiger partial charge is 0.355 e. The van der Waals surface area contributed by atoms with E-state index in [1.54, 1.807) is 0 Å². The summed E-state index contributed by atoms with van der Waals surface area (Å²) in [4.78, 5) is 21.3. The van der Waals surface area contributed by atoms with Gasteiger partial charge in [-0.3, -0.25) is 9.59 Å². The van der Waals surface area contributed by atoms with Crippen molar-refractivity contribution in [2.24, 2.45) is 0 Å². The average Bonchev–Trinajstić information content (AvgIpc) is 2.66. The van der Waals surface area contributed by atoms with Crippen LogP contribution >= 0.6 is 0 Å². The number of hydrogen-bond donors (Lipinski definition) is 2. The third kappa shape index (κ3) is 2.15. The van der Waals surface area contributed by atoms with E-state index in [1.807, 2.05) is 24.3 Å². The van der Waals surface area contributed by atoms with E-state index in [-0.39, 0.29) is 11.8 Å². The molecule has 2 N–H and O–H groups in total. The summed E-state index contributed by atoms with van der Waals surface area (Å²) in [5, 5.41) is 5.39. The van der Waals surface area contributed by atoms with Gasteiger partial charge < -0.3 is 10.6 Å². The minimum Gasteiger partial charge on any atom is -0.355 e. The maximum absolute atomic E-state index is 11.1. The van der Waals surface area contributed by atoms with Crippen LogP contribution in [-0.4, -0.2) is 18.9 Å². The van der Waals surface area contributed by atoms with E-state index in [9.17, 15) is 9.59 Å². The first-order chi connectivity index (χ1) is 7.29. The molecule has 2 rings (SSSR count). The second-order valence-corrected chi connectivity index (χ2v) is 3.59. The zero-order valence-corrected chi connectivity index (χ0v) is 8.19. The summed E-state index contributed by atoms with van der Waals surface area (Å²) in [5.41, 5.74) is 1.85. The van der Waals surface area contributed by atoms with Crippen molar-refractivity contribution < 1.29 is 9.59 Å². The van der Waals surface area contributed by atoms with Crippen LogP contribution in [-0.2, 0) is 9.59 Å². The van der Waals surface area contributed by atoms with Gasteiger partial charge in [0.25, 0.3) is 0 Å². The van der Waals surface area contributed by atoms with E-state index in [1.165, 1.54) is 0 Å². The zero-order valence-electron chi connectivity index (χ0n) is 8.19. The maximum Gasteiger partial charge on any atom is 0.220 e. The molecule has 1 atom stereocenters. The van der Waals surface area contributed by atoms with Gasteiger partial charge >= 0.3 is 0 Å². The zero-order chi connectivity index (χ0) is 10.7. The fraction of sp³-hybridized carbons (Fsp3) is 0.273. The smallest absolute Gasteiger partial charge is 0.220 e. The van der Waals surface area contributed by atoms with Crippen LogP contribution in [0.3, 0.4) is 0 Å². The van der Waals surface area contributed by atoms with Gasteiger partial charge in [-0.05, 0) is 17.7 Å². The van der Waals surface area contributed by atoms with Gasteiger partial charge in [-0.2, -0.15) is 0 Å². The number of nitrogens with one attached hydrogen (secondary N) is 2. The molecule has 4 nitrogen and oxygen atoms in total. The molecule has 1 unspecified atom stereocenters. The van der Waals surface area contributed by atoms with Gasteiger partial charge in [-0.15, -0.1) is 0 Å². The van der Waals surface area contributed by atoms with Crippen molar-refractivity contribution in [1.29, 1.82) is 0 Å². The van der Waals surface area contributed by atoms with Gasteiger partial charge in [0, 0.05) is 24.6 Å². The number of anilines is 1. The summed E-state index contributed by atoms with van der Waals surface area (Å²) in [6.07, 6.45) is 1.18. The molecule has 1 fully saturated rings. The first-order valence-corrected chi connectivity index (χ1v) is 4.86. The predicted octanol–water partition coefficient (Wildman–Crippen LogP) is 0.858. The SMILES string of the molecule is O=CNc1cccc(C2CNC(=O)C2)c1. The molecule has 15 heavy (non-hydrogen) atoms. The second kappa shape index (κ2) is 4.13. The van der Waals surface area contributed by atoms with Crippen molar-refractivity contribution >= 4 is 18.0 Å². The van der Waals surface area contributed by atoms with Crippen molar-refractivity contribution in [3.05, 3.63) is 29.8 Å². The Hall–Kier alpha value is -1.84. The second-order valence-electron chi connectivity index (χ2n) is 3.59. The molecule has 1 aliphatic rings. The van der Waals surface area contributed by atoms with Crippen LogP contribution in [0.1, 0.15) is 17.9 Å². The first kappa shape index (κ1) is 9.71. The molecular weight excluding hydrogens is 192 g/mol. The Kier molecular flexibility index (Phi) is 2.67. The highest BCUT2D eigenvalue weighted by Gasteiger charge is 2.22. The first-order valence-electron chi connectivity index (χ1n) is 4.86. The summed E-state index contributed by atoms with van der Waals surface area (Å²) >= 11 is 0. The lowest BCUT2D eigenvalue weighted by Gasteiger charge is -2.08. The van der Waals surface area contributed by atoms with Crippen LogP contribution in [0.25, 0.3) is 0 Å². The molecular formula is C11H12N2O2. The Bertz CT molecular complexity index is 390. The summed E-state index contributed by atoms with van der Waals surface area (Å²) in [5.74, 6) is 0.319. The highest BCUT2D eigenvalue weighted by Crippen LogP contribution is 2.24. The fourth-order valence-corrected chi connectivity index (χ4v) is 1.79. The van der Waals surface area contributed by atoms with Gasteiger partial charge in [0.15, 0.2) is 0 Å². The Morgan fingerprint density at radius 2 is 2.33 bits per heavy atom. The molecule has 0 aromatic heterocycles. The van der Waals surface area contributed by atoms with Gasteiger partial charge in [-0.25, -0.2) is 0 Å². The highest BCUT2D eigenvalue weighted by atomic mass is 16.1. The molecule has 1 saturated heterocycles. The summed E-state index contributed by atoms with van der Waals surface area (Å²) < 4.78 is 0. The molecule has 78 valence electrons. The van der Waals surface area contributed by atoms with Crippen molar-refractivity contribution in [2.75, 3.05) is 11.9 Å². The molecule has 1 aromatic carbocycles. The van der Waals surface area contributed by atoms with Gasteiger partial charge in [0.1, 0.15) is 0 Å². The third-order valence-corrected chi connectivity index (χ3v) is 2.56. The van der Waals surface area contributed by atoms with E-state index in [4.69, 9.17) is 0 Å². The molecule has 0 spiro atoms. The fourth-order valence-electron chi connectivity index (χ4n) is 1.79. The van der Waals surface area contributed by atoms with Gasteiger partial charge in [-0.1, -0.05) is 12.1 Å². The van der Waals surface area contributed by atoms with E-state index in [0.717, 1.165) is 11.3 Å². The molecule has 0 saturated carbocycles. The summed E-state index contributed by atoms with van der Waals surface area (Å²) in [6.45, 7) is 0.684. The van der Waals surface area contributed by atoms with Crippen LogP contribution < -0.4 is 10.6 Å². The van der Waals surface area contributed by atoms with Crippen molar-refractivity contribution in [3.8, 4) is 0 Å². The summed E-state index contributed by atoms with van der Waals surface area (Å²) in [6, 6.07) is 7.58. The van der Waals surface area contributed by atoms with Crippen LogP contribution in [0.15, 0.2) is 24.3 Å². The number of benzene rings is 1. The number of carbonyl (C=O) groups is 2. The number of amides is 2. The molecule has 1 aliphatic heterocycles. The monoisotopic (exact) mass is 204 g/mol. The standard InChI is InChI=1S/C11H12N2O2/c14-7-13-10-3-1-2-8(4-10)9-5-11(15)12-6-9/h1-4,7,9H,5-6H2,(H,12,15)(H,13,14). The lowest BCUT2D eigenvalue weighted by atomic mass is 9.98. The maximum atomic E-state index is 11.1. The quantitative estimate of drug-likeness (QED) is 0.717. The lowest BCUT2D eigenvalue weighted by molar-refractivity contribution is -0.119. The van der Waals surface area contributed by atoms with E-state index in [2.05, 4.69) is 10.6 Å². The third-order valence-electron chi connectivity index (χ3n) is 2.56. The topological polar surface area (TPSA) is 58.2 Å². The number of carbonyl (C=O) groups excluding carboxylic acids is 2. The van der Waals surface area contributed by atoms with E-state index < -0.39 is 0 Å². The average molecular weight is 204 g/mol. The van der Waals surface area contributed by atoms with E-state index in [0.29, 0.717) is 19.4 Å². The lowest BCUT2D eigenvalue weighted by Crippen LogP contribution is -2.13. The molecule has 0 bridgehead atoms. The van der Waals surface area contributed by atoms with Crippen molar-refractivity contribution in [2.45, 2.75) is 12.3 Å².